The molecule has 1 heterocycles. The number of nitrogens with zero attached hydrogens (tertiary/aromatic N) is 2. The summed E-state index contributed by atoms with van der Waals surface area (Å²) in [7, 11) is 0. The Morgan fingerprint density at radius 1 is 1.00 bits per heavy atom. The summed E-state index contributed by atoms with van der Waals surface area (Å²) in [6, 6.07) is 19.6. The van der Waals surface area contributed by atoms with Crippen LogP contribution in [-0.4, -0.2) is 9.78 Å². The number of halogens is 1. The first-order chi connectivity index (χ1) is 10.2. The molecule has 0 saturated carbocycles. The lowest BCUT2D eigenvalue weighted by molar-refractivity contribution is 0.678. The van der Waals surface area contributed by atoms with Crippen LogP contribution < -0.4 is 5.73 Å². The van der Waals surface area contributed by atoms with E-state index in [-0.39, 0.29) is 6.04 Å². The fraction of sp³-hybridized carbons (Fsp3) is 0.118. The van der Waals surface area contributed by atoms with E-state index in [4.69, 9.17) is 17.3 Å². The Kier molecular flexibility index (Phi) is 4.04. The molecule has 0 radical (unpaired) electrons. The summed E-state index contributed by atoms with van der Waals surface area (Å²) in [6.07, 6.45) is 2.68. The Morgan fingerprint density at radius 2 is 1.71 bits per heavy atom. The van der Waals surface area contributed by atoms with Crippen LogP contribution in [0, 0.1) is 0 Å². The summed E-state index contributed by atoms with van der Waals surface area (Å²) in [5, 5.41) is 5.30. The smallest absolute Gasteiger partial charge is 0.0799 e. The van der Waals surface area contributed by atoms with Crippen molar-refractivity contribution in [3.63, 3.8) is 0 Å². The lowest BCUT2D eigenvalue weighted by Crippen LogP contribution is -2.14. The van der Waals surface area contributed by atoms with Gasteiger partial charge in [0.05, 0.1) is 17.4 Å². The molecule has 0 aliphatic rings. The molecule has 2 aromatic carbocycles. The highest BCUT2D eigenvalue weighted by Crippen LogP contribution is 2.17. The second-order valence-electron chi connectivity index (χ2n) is 4.96. The molecular formula is C17H16ClN3. The SMILES string of the molecule is NC(Cc1ccc(Cl)cc1)c1ccn(-c2ccccc2)n1. The third-order valence-electron chi connectivity index (χ3n) is 3.38. The summed E-state index contributed by atoms with van der Waals surface area (Å²) in [5.41, 5.74) is 9.31. The van der Waals surface area contributed by atoms with Gasteiger partial charge < -0.3 is 5.73 Å². The van der Waals surface area contributed by atoms with Gasteiger partial charge in [-0.1, -0.05) is 41.9 Å². The normalized spacial score (nSPS) is 12.3. The van der Waals surface area contributed by atoms with E-state index in [1.165, 1.54) is 0 Å². The van der Waals surface area contributed by atoms with Gasteiger partial charge in [-0.2, -0.15) is 5.10 Å². The van der Waals surface area contributed by atoms with Crippen molar-refractivity contribution in [3.8, 4) is 5.69 Å². The number of para-hydroxylation sites is 1. The minimum atomic E-state index is -0.129. The van der Waals surface area contributed by atoms with Crippen molar-refractivity contribution >= 4 is 11.6 Å². The molecule has 106 valence electrons. The second kappa shape index (κ2) is 6.12. The topological polar surface area (TPSA) is 43.8 Å². The summed E-state index contributed by atoms with van der Waals surface area (Å²) >= 11 is 5.89. The van der Waals surface area contributed by atoms with Crippen LogP contribution in [0.5, 0.6) is 0 Å². The number of hydrogen-bond donors (Lipinski definition) is 1. The van der Waals surface area contributed by atoms with E-state index >= 15 is 0 Å². The summed E-state index contributed by atoms with van der Waals surface area (Å²) < 4.78 is 1.84. The lowest BCUT2D eigenvalue weighted by Gasteiger charge is -2.09. The second-order valence-corrected chi connectivity index (χ2v) is 5.39. The van der Waals surface area contributed by atoms with E-state index in [0.29, 0.717) is 0 Å². The fourth-order valence-electron chi connectivity index (χ4n) is 2.24. The molecule has 21 heavy (non-hydrogen) atoms. The zero-order valence-corrected chi connectivity index (χ0v) is 12.2. The minimum Gasteiger partial charge on any atom is -0.322 e. The van der Waals surface area contributed by atoms with Crippen LogP contribution in [0.1, 0.15) is 17.3 Å². The Bertz CT molecular complexity index is 704. The largest absolute Gasteiger partial charge is 0.322 e. The monoisotopic (exact) mass is 297 g/mol. The van der Waals surface area contributed by atoms with Crippen molar-refractivity contribution in [1.29, 1.82) is 0 Å². The van der Waals surface area contributed by atoms with Gasteiger partial charge in [-0.25, -0.2) is 4.68 Å². The molecule has 3 rings (SSSR count). The van der Waals surface area contributed by atoms with Gasteiger partial charge in [0.15, 0.2) is 0 Å². The Balaban J connectivity index is 1.75. The molecule has 1 atom stereocenters. The Hall–Kier alpha value is -2.10. The van der Waals surface area contributed by atoms with Crippen LogP contribution in [0.15, 0.2) is 66.9 Å². The highest BCUT2D eigenvalue weighted by atomic mass is 35.5. The highest BCUT2D eigenvalue weighted by molar-refractivity contribution is 6.30. The average molecular weight is 298 g/mol. The molecule has 0 spiro atoms. The average Bonchev–Trinajstić information content (AvgIpc) is 3.00. The summed E-state index contributed by atoms with van der Waals surface area (Å²) in [5.74, 6) is 0. The summed E-state index contributed by atoms with van der Waals surface area (Å²) in [6.45, 7) is 0. The molecule has 1 aromatic heterocycles. The Labute approximate surface area is 129 Å². The van der Waals surface area contributed by atoms with Gasteiger partial charge in [0, 0.05) is 11.2 Å². The van der Waals surface area contributed by atoms with Gasteiger partial charge in [0.2, 0.25) is 0 Å². The van der Waals surface area contributed by atoms with Crippen LogP contribution in [0.3, 0.4) is 0 Å². The number of aromatic nitrogens is 2. The van der Waals surface area contributed by atoms with Crippen molar-refractivity contribution in [2.24, 2.45) is 5.73 Å². The number of rotatable bonds is 4. The maximum Gasteiger partial charge on any atom is 0.0799 e. The predicted molar refractivity (Wildman–Crippen MR) is 85.6 cm³/mol. The van der Waals surface area contributed by atoms with Gasteiger partial charge in [-0.3, -0.25) is 0 Å². The van der Waals surface area contributed by atoms with Gasteiger partial charge in [-0.05, 0) is 42.3 Å². The third-order valence-corrected chi connectivity index (χ3v) is 3.63. The number of benzene rings is 2. The fourth-order valence-corrected chi connectivity index (χ4v) is 2.37. The van der Waals surface area contributed by atoms with Crippen molar-refractivity contribution < 1.29 is 0 Å². The van der Waals surface area contributed by atoms with Crippen molar-refractivity contribution in [2.75, 3.05) is 0 Å². The van der Waals surface area contributed by atoms with Gasteiger partial charge >= 0.3 is 0 Å². The maximum absolute atomic E-state index is 6.25. The van der Waals surface area contributed by atoms with Crippen molar-refractivity contribution in [1.82, 2.24) is 9.78 Å². The van der Waals surface area contributed by atoms with Crippen LogP contribution in [0.4, 0.5) is 0 Å². The Morgan fingerprint density at radius 3 is 2.43 bits per heavy atom. The molecule has 3 nitrogen and oxygen atoms in total. The number of nitrogens with two attached hydrogens (primary N) is 1. The van der Waals surface area contributed by atoms with E-state index in [1.807, 2.05) is 71.5 Å². The molecule has 2 N–H and O–H groups in total. The maximum atomic E-state index is 6.25. The molecule has 0 aliphatic heterocycles. The van der Waals surface area contributed by atoms with Crippen LogP contribution in [0.2, 0.25) is 5.02 Å². The summed E-state index contributed by atoms with van der Waals surface area (Å²) in [4.78, 5) is 0. The molecule has 3 aromatic rings. The molecule has 0 amide bonds. The van der Waals surface area contributed by atoms with E-state index in [9.17, 15) is 0 Å². The highest BCUT2D eigenvalue weighted by Gasteiger charge is 2.11. The first-order valence-electron chi connectivity index (χ1n) is 6.83. The van der Waals surface area contributed by atoms with Gasteiger partial charge in [0.25, 0.3) is 0 Å². The van der Waals surface area contributed by atoms with E-state index in [1.54, 1.807) is 0 Å². The molecule has 0 fully saturated rings. The van der Waals surface area contributed by atoms with Crippen LogP contribution in [-0.2, 0) is 6.42 Å². The van der Waals surface area contributed by atoms with E-state index in [2.05, 4.69) is 5.10 Å². The molecule has 0 saturated heterocycles. The minimum absolute atomic E-state index is 0.129. The molecular weight excluding hydrogens is 282 g/mol. The van der Waals surface area contributed by atoms with Crippen LogP contribution in [0.25, 0.3) is 5.69 Å². The lowest BCUT2D eigenvalue weighted by atomic mass is 10.0. The van der Waals surface area contributed by atoms with E-state index < -0.39 is 0 Å². The van der Waals surface area contributed by atoms with Gasteiger partial charge in [-0.15, -0.1) is 0 Å². The van der Waals surface area contributed by atoms with Gasteiger partial charge in [0.1, 0.15) is 0 Å². The standard InChI is InChI=1S/C17H16ClN3/c18-14-8-6-13(7-9-14)12-16(19)17-10-11-21(20-17)15-4-2-1-3-5-15/h1-11,16H,12,19H2. The molecule has 4 heteroatoms. The third kappa shape index (κ3) is 3.32. The predicted octanol–water partition coefficient (Wildman–Crippen LogP) is 3.77. The molecule has 0 aliphatic carbocycles. The molecule has 1 unspecified atom stereocenters. The zero-order valence-electron chi connectivity index (χ0n) is 11.5. The van der Waals surface area contributed by atoms with Crippen molar-refractivity contribution in [2.45, 2.75) is 12.5 Å². The van der Waals surface area contributed by atoms with E-state index in [0.717, 1.165) is 28.4 Å². The quantitative estimate of drug-likeness (QED) is 0.796. The number of hydrogen-bond acceptors (Lipinski definition) is 2. The molecule has 0 bridgehead atoms. The zero-order chi connectivity index (χ0) is 14.7. The first kappa shape index (κ1) is 13.9. The van der Waals surface area contributed by atoms with Crippen molar-refractivity contribution in [3.05, 3.63) is 83.1 Å². The van der Waals surface area contributed by atoms with Crippen LogP contribution >= 0.6 is 11.6 Å². The first-order valence-corrected chi connectivity index (χ1v) is 7.21.